The molecule has 3 N–H and O–H groups in total. The molecular weight excluding hydrogens is 1500 g/mol. The Morgan fingerprint density at radius 2 is 0.961 bits per heavy atom. The summed E-state index contributed by atoms with van der Waals surface area (Å²) in [6.07, 6.45) is 8.90. The van der Waals surface area contributed by atoms with Gasteiger partial charge in [-0.15, -0.1) is 22.7 Å². The van der Waals surface area contributed by atoms with Gasteiger partial charge in [-0.1, -0.05) is 84.4 Å². The lowest BCUT2D eigenvalue weighted by Gasteiger charge is -2.53. The van der Waals surface area contributed by atoms with Gasteiger partial charge in [0, 0.05) is 149 Å². The molecule has 23 heteroatoms. The number of halogens is 5. The van der Waals surface area contributed by atoms with E-state index in [0.29, 0.717) is 90.6 Å². The highest BCUT2D eigenvalue weighted by Crippen LogP contribution is 2.46. The molecule has 6 aliphatic heterocycles. The lowest BCUT2D eigenvalue weighted by Crippen LogP contribution is -2.59. The summed E-state index contributed by atoms with van der Waals surface area (Å²) in [5.41, 5.74) is 9.57. The number of Topliss-reactive ketones (excluding diaryl/α,β-unsaturated/α-hetero) is 2. The largest absolute Gasteiger partial charge is 0.381 e. The molecular formula is C80H69Br2ClF2N8O8S2. The lowest BCUT2D eigenvalue weighted by molar-refractivity contribution is -0.0130. The number of hydrogen-bond acceptors (Lipinski definition) is 14. The quantitative estimate of drug-likeness (QED) is 0.0732. The average molecular weight is 1570 g/mol. The number of amides is 4. The Bertz CT molecular complexity index is 4900. The molecule has 10 aromatic rings. The maximum atomic E-state index is 14.3. The fraction of sp³-hybridized carbons (Fsp3) is 0.250. The number of ketones is 2. The van der Waals surface area contributed by atoms with E-state index >= 15 is 0 Å². The Morgan fingerprint density at radius 1 is 0.534 bits per heavy atom. The molecule has 16 rings (SSSR count). The SMILES string of the molecule is C1CC2(CCO1)CNC2.O=C(Cc1ccccc1F)c1cc2c(s1)-c1ccccc1N(C(=O)c1ccc(NC(=O)c3cc(Br)cnc3Cl)cc1)CC2.O=C(Cc1ccccc1F)c1cc2c(s1)-c1ccccc1N(C(=O)c1ccc(NC(=O)c3cc(Br)cnc3N3CC4(CCOCC4)C3)cc1)CC2. The van der Waals surface area contributed by atoms with E-state index in [-0.39, 0.29) is 64.1 Å². The zero-order valence-corrected chi connectivity index (χ0v) is 61.3. The molecule has 0 atom stereocenters. The first-order valence-corrected chi connectivity index (χ1v) is 37.6. The van der Waals surface area contributed by atoms with Crippen LogP contribution in [0.2, 0.25) is 5.15 Å². The third-order valence-electron chi connectivity index (χ3n) is 19.7. The second-order valence-electron chi connectivity index (χ2n) is 26.5. The third-order valence-corrected chi connectivity index (χ3v) is 23.4. The first-order valence-electron chi connectivity index (χ1n) is 34.0. The average Bonchev–Trinajstić information content (AvgIpc) is 1.57. The van der Waals surface area contributed by atoms with Gasteiger partial charge < -0.3 is 40.1 Å². The van der Waals surface area contributed by atoms with Crippen LogP contribution in [0.4, 0.5) is 37.3 Å². The predicted octanol–water partition coefficient (Wildman–Crippen LogP) is 16.8. The van der Waals surface area contributed by atoms with Gasteiger partial charge in [-0.3, -0.25) is 28.8 Å². The summed E-state index contributed by atoms with van der Waals surface area (Å²) < 4.78 is 40.6. The van der Waals surface area contributed by atoms with Crippen LogP contribution in [0.1, 0.15) is 109 Å². The van der Waals surface area contributed by atoms with E-state index in [2.05, 4.69) is 62.7 Å². The van der Waals surface area contributed by atoms with E-state index in [4.69, 9.17) is 21.1 Å². The molecule has 103 heavy (non-hydrogen) atoms. The van der Waals surface area contributed by atoms with Gasteiger partial charge in [-0.05, 0) is 195 Å². The van der Waals surface area contributed by atoms with Crippen molar-refractivity contribution in [2.24, 2.45) is 10.8 Å². The van der Waals surface area contributed by atoms with Gasteiger partial charge in [0.1, 0.15) is 22.6 Å². The highest BCUT2D eigenvalue weighted by Gasteiger charge is 2.45. The summed E-state index contributed by atoms with van der Waals surface area (Å²) >= 11 is 15.6. The maximum Gasteiger partial charge on any atom is 0.259 e. The number of nitrogens with one attached hydrogen (secondary N) is 3. The maximum absolute atomic E-state index is 14.3. The van der Waals surface area contributed by atoms with E-state index in [9.17, 15) is 37.5 Å². The molecule has 4 aromatic heterocycles. The molecule has 4 fully saturated rings. The van der Waals surface area contributed by atoms with Crippen LogP contribution in [0.15, 0.2) is 191 Å². The van der Waals surface area contributed by atoms with Crippen molar-refractivity contribution in [1.82, 2.24) is 15.3 Å². The first kappa shape index (κ1) is 71.0. The molecule has 6 aromatic carbocycles. The van der Waals surface area contributed by atoms with Crippen LogP contribution in [-0.2, 0) is 35.2 Å². The van der Waals surface area contributed by atoms with Gasteiger partial charge >= 0.3 is 0 Å². The number of carbonyl (C=O) groups excluding carboxylic acids is 6. The molecule has 0 radical (unpaired) electrons. The number of carbonyl (C=O) groups is 6. The Morgan fingerprint density at radius 3 is 1.42 bits per heavy atom. The van der Waals surface area contributed by atoms with Crippen LogP contribution in [0.5, 0.6) is 0 Å². The summed E-state index contributed by atoms with van der Waals surface area (Å²) in [7, 11) is 0. The van der Waals surface area contributed by atoms with E-state index < -0.39 is 11.7 Å². The number of benzene rings is 6. The zero-order chi connectivity index (χ0) is 71.4. The molecule has 0 saturated carbocycles. The Labute approximate surface area is 624 Å². The molecule has 524 valence electrons. The second-order valence-corrected chi connectivity index (χ2v) is 30.8. The van der Waals surface area contributed by atoms with E-state index in [1.807, 2.05) is 60.7 Å². The number of pyridine rings is 2. The number of hydrogen-bond donors (Lipinski definition) is 3. The number of aromatic nitrogens is 2. The summed E-state index contributed by atoms with van der Waals surface area (Å²) in [4.78, 5) is 97.6. The molecule has 6 aliphatic rings. The van der Waals surface area contributed by atoms with Crippen LogP contribution in [0.3, 0.4) is 0 Å². The fourth-order valence-corrected chi connectivity index (χ4v) is 17.1. The molecule has 4 saturated heterocycles. The monoisotopic (exact) mass is 1560 g/mol. The molecule has 0 aliphatic carbocycles. The molecule has 10 heterocycles. The molecule has 0 bridgehead atoms. The zero-order valence-electron chi connectivity index (χ0n) is 55.8. The minimum absolute atomic E-state index is 0.00894. The molecule has 16 nitrogen and oxygen atoms in total. The van der Waals surface area contributed by atoms with Gasteiger partial charge in [-0.25, -0.2) is 18.7 Å². The van der Waals surface area contributed by atoms with Crippen LogP contribution in [0.25, 0.3) is 20.9 Å². The third kappa shape index (κ3) is 15.8. The first-order chi connectivity index (χ1) is 50.0. The Hall–Kier alpha value is -8.97. The molecule has 2 spiro atoms. The lowest BCUT2D eigenvalue weighted by atomic mass is 9.73. The van der Waals surface area contributed by atoms with Crippen LogP contribution < -0.4 is 30.7 Å². The van der Waals surface area contributed by atoms with Gasteiger partial charge in [0.25, 0.3) is 23.6 Å². The van der Waals surface area contributed by atoms with Crippen molar-refractivity contribution < 1.29 is 47.0 Å². The number of thiophene rings is 2. The fourth-order valence-electron chi connectivity index (χ4n) is 13.9. The topological polar surface area (TPSA) is 192 Å². The van der Waals surface area contributed by atoms with Crippen molar-refractivity contribution >= 4 is 130 Å². The molecule has 4 amide bonds. The number of nitrogens with zero attached hydrogens (tertiary/aromatic N) is 5. The molecule has 0 unspecified atom stereocenters. The standard InChI is InChI=1S/C40H34BrFN4O4S.C33H22BrClFN3O3S.C7H13NO/c41-28-21-31(37(43-22-28)45-23-40(24-45)14-17-50-18-15-40)38(48)44-29-11-9-25(10-12-29)39(49)46-16-13-27-20-35(34(47)19-26-5-1-3-7-32(26)42)51-36(27)30-6-2-4-8-33(30)46;34-22-17-25(31(35)37-18-22)32(41)38-23-11-9-19(10-12-23)33(42)39-14-13-21-16-29(28(40)15-20-5-1-3-7-26(20)36)43-30(21)24-6-2-4-8-27(24)39;1-3-9-4-2-7(1)5-8-6-7/h1-12,20-22H,13-19,23-24H2,(H,44,48);1-12,16-18H,13-15H2,(H,38,41);8H,1-6H2. The number of ether oxygens (including phenoxy) is 2. The van der Waals surface area contributed by atoms with Crippen LogP contribution >= 0.6 is 66.1 Å². The Kier molecular flexibility index (Phi) is 21.5. The summed E-state index contributed by atoms with van der Waals surface area (Å²) in [5, 5.41) is 9.18. The second kappa shape index (κ2) is 31.2. The van der Waals surface area contributed by atoms with Gasteiger partial charge in [0.05, 0.1) is 32.3 Å². The van der Waals surface area contributed by atoms with Crippen molar-refractivity contribution in [3.8, 4) is 20.9 Å². The number of rotatable bonds is 13. The van der Waals surface area contributed by atoms with Crippen LogP contribution in [-0.4, -0.2) is 111 Å². The number of fused-ring (bicyclic) bond motifs is 6. The summed E-state index contributed by atoms with van der Waals surface area (Å²) in [6.45, 7) is 8.52. The highest BCUT2D eigenvalue weighted by atomic mass is 79.9. The minimum Gasteiger partial charge on any atom is -0.381 e. The van der Waals surface area contributed by atoms with Gasteiger partial charge in [0.2, 0.25) is 0 Å². The van der Waals surface area contributed by atoms with E-state index in [0.717, 1.165) is 100 Å². The van der Waals surface area contributed by atoms with Crippen molar-refractivity contribution in [3.63, 3.8) is 0 Å². The normalized spacial score (nSPS) is 15.9. The highest BCUT2D eigenvalue weighted by molar-refractivity contribution is 9.10. The summed E-state index contributed by atoms with van der Waals surface area (Å²) in [6, 6.07) is 48.7. The summed E-state index contributed by atoms with van der Waals surface area (Å²) in [5.74, 6) is -1.43. The predicted molar refractivity (Wildman–Crippen MR) is 407 cm³/mol. The van der Waals surface area contributed by atoms with Crippen molar-refractivity contribution in [2.75, 3.05) is 91.0 Å². The van der Waals surface area contributed by atoms with Gasteiger partial charge in [0.15, 0.2) is 11.6 Å². The van der Waals surface area contributed by atoms with E-state index in [1.165, 1.54) is 66.9 Å². The number of para-hydroxylation sites is 2. The van der Waals surface area contributed by atoms with Gasteiger partial charge in [-0.2, -0.15) is 0 Å². The number of anilines is 5. The minimum atomic E-state index is -0.419. The van der Waals surface area contributed by atoms with Crippen molar-refractivity contribution in [1.29, 1.82) is 0 Å². The van der Waals surface area contributed by atoms with Crippen molar-refractivity contribution in [2.45, 2.75) is 51.4 Å². The smallest absolute Gasteiger partial charge is 0.259 e. The van der Waals surface area contributed by atoms with Crippen LogP contribution in [0, 0.1) is 22.5 Å². The Balaban J connectivity index is 0.000000156. The van der Waals surface area contributed by atoms with E-state index in [1.54, 1.807) is 113 Å². The van der Waals surface area contributed by atoms with Crippen molar-refractivity contribution in [3.05, 3.63) is 262 Å².